The smallest absolute Gasteiger partial charge is 0.355 e. The second kappa shape index (κ2) is 8.90. The molecular weight excluding hydrogens is 390 g/mol. The van der Waals surface area contributed by atoms with E-state index in [0.29, 0.717) is 23.9 Å². The first-order valence-corrected chi connectivity index (χ1v) is 9.50. The van der Waals surface area contributed by atoms with Crippen molar-refractivity contribution in [2.75, 3.05) is 11.9 Å². The maximum atomic E-state index is 14.0. The number of nitrogens with one attached hydrogen (secondary N) is 1. The summed E-state index contributed by atoms with van der Waals surface area (Å²) >= 11 is 0. The number of benzene rings is 2. The third-order valence-corrected chi connectivity index (χ3v) is 4.83. The van der Waals surface area contributed by atoms with Crippen molar-refractivity contribution in [2.24, 2.45) is 0 Å². The van der Waals surface area contributed by atoms with Gasteiger partial charge >= 0.3 is 5.97 Å². The monoisotopic (exact) mass is 412 g/mol. The fourth-order valence-corrected chi connectivity index (χ4v) is 3.43. The van der Waals surface area contributed by atoms with E-state index in [4.69, 9.17) is 4.74 Å². The summed E-state index contributed by atoms with van der Waals surface area (Å²) in [4.78, 5) is 25.6. The van der Waals surface area contributed by atoms with Crippen molar-refractivity contribution in [2.45, 2.75) is 27.3 Å². The topological polar surface area (TPSA) is 60.3 Å². The zero-order valence-electron chi connectivity index (χ0n) is 17.0. The number of rotatable bonds is 6. The average Bonchev–Trinajstić information content (AvgIpc) is 2.95. The zero-order valence-corrected chi connectivity index (χ0v) is 17.0. The molecule has 30 heavy (non-hydrogen) atoms. The van der Waals surface area contributed by atoms with Crippen LogP contribution >= 0.6 is 0 Å². The number of ether oxygens (including phenoxy) is 1. The number of halogens is 2. The lowest BCUT2D eigenvalue weighted by atomic mass is 10.1. The number of hydrogen-bond donors (Lipinski definition) is 1. The van der Waals surface area contributed by atoms with E-state index in [1.165, 1.54) is 0 Å². The van der Waals surface area contributed by atoms with Gasteiger partial charge in [0.2, 0.25) is 0 Å². The molecule has 156 valence electrons. The van der Waals surface area contributed by atoms with Crippen LogP contribution in [-0.4, -0.2) is 23.1 Å². The second-order valence-electron chi connectivity index (χ2n) is 6.80. The summed E-state index contributed by atoms with van der Waals surface area (Å²) in [5.74, 6) is -2.75. The van der Waals surface area contributed by atoms with Gasteiger partial charge in [-0.05, 0) is 44.0 Å². The molecule has 2 aromatic carbocycles. The highest BCUT2D eigenvalue weighted by Gasteiger charge is 2.27. The van der Waals surface area contributed by atoms with Crippen LogP contribution in [0.25, 0.3) is 0 Å². The van der Waals surface area contributed by atoms with E-state index in [1.54, 1.807) is 25.3 Å². The average molecular weight is 412 g/mol. The highest BCUT2D eigenvalue weighted by molar-refractivity contribution is 6.08. The van der Waals surface area contributed by atoms with Gasteiger partial charge in [-0.1, -0.05) is 30.3 Å². The minimum absolute atomic E-state index is 0.145. The maximum Gasteiger partial charge on any atom is 0.355 e. The molecular formula is C23H22F2N2O3. The van der Waals surface area contributed by atoms with Gasteiger partial charge in [0, 0.05) is 18.3 Å². The van der Waals surface area contributed by atoms with E-state index in [0.717, 1.165) is 17.7 Å². The Hall–Kier alpha value is -3.48. The molecule has 0 aliphatic rings. The predicted molar refractivity (Wildman–Crippen MR) is 110 cm³/mol. The van der Waals surface area contributed by atoms with Gasteiger partial charge < -0.3 is 14.6 Å². The summed E-state index contributed by atoms with van der Waals surface area (Å²) in [7, 11) is 0. The molecule has 1 amide bonds. The van der Waals surface area contributed by atoms with Crippen LogP contribution in [0.3, 0.4) is 0 Å². The zero-order chi connectivity index (χ0) is 21.8. The molecule has 0 spiro atoms. The molecule has 7 heteroatoms. The number of aromatic nitrogens is 1. The fourth-order valence-electron chi connectivity index (χ4n) is 3.43. The van der Waals surface area contributed by atoms with E-state index in [-0.39, 0.29) is 23.6 Å². The van der Waals surface area contributed by atoms with E-state index in [9.17, 15) is 18.4 Å². The minimum Gasteiger partial charge on any atom is -0.461 e. The van der Waals surface area contributed by atoms with Crippen molar-refractivity contribution < 1.29 is 23.1 Å². The molecule has 0 bridgehead atoms. The summed E-state index contributed by atoms with van der Waals surface area (Å²) in [5, 5.41) is 2.46. The molecule has 1 N–H and O–H groups in total. The van der Waals surface area contributed by atoms with Crippen LogP contribution in [0.1, 0.15) is 44.6 Å². The number of amides is 1. The van der Waals surface area contributed by atoms with Crippen molar-refractivity contribution in [1.82, 2.24) is 4.57 Å². The van der Waals surface area contributed by atoms with Crippen molar-refractivity contribution in [3.05, 3.63) is 88.2 Å². The summed E-state index contributed by atoms with van der Waals surface area (Å²) in [6.07, 6.45) is 0. The SMILES string of the molecule is CCOC(=O)c1c(C)c(C(=O)Nc2ccc(F)cc2F)c(C)n1Cc1ccccc1. The van der Waals surface area contributed by atoms with Crippen LogP contribution in [-0.2, 0) is 11.3 Å². The lowest BCUT2D eigenvalue weighted by Crippen LogP contribution is -2.15. The Morgan fingerprint density at radius 3 is 2.40 bits per heavy atom. The molecule has 0 radical (unpaired) electrons. The first kappa shape index (κ1) is 21.2. The van der Waals surface area contributed by atoms with Crippen LogP contribution in [0.2, 0.25) is 0 Å². The Morgan fingerprint density at radius 2 is 1.77 bits per heavy atom. The Balaban J connectivity index is 2.04. The Kier molecular flexibility index (Phi) is 6.30. The molecule has 0 saturated carbocycles. The fraction of sp³-hybridized carbons (Fsp3) is 0.217. The standard InChI is InChI=1S/C23H22F2N2O3/c1-4-30-23(29)21-14(2)20(15(3)27(21)13-16-8-6-5-7-9-16)22(28)26-19-11-10-17(24)12-18(19)25/h5-12H,4,13H2,1-3H3,(H,26,28). The van der Waals surface area contributed by atoms with Gasteiger partial charge in [-0.2, -0.15) is 0 Å². The highest BCUT2D eigenvalue weighted by Crippen LogP contribution is 2.26. The number of hydrogen-bond acceptors (Lipinski definition) is 3. The summed E-state index contributed by atoms with van der Waals surface area (Å²) in [5.41, 5.74) is 2.29. The van der Waals surface area contributed by atoms with E-state index < -0.39 is 23.5 Å². The second-order valence-corrected chi connectivity index (χ2v) is 6.80. The molecule has 1 heterocycles. The van der Waals surface area contributed by atoms with Gasteiger partial charge in [0.25, 0.3) is 5.91 Å². The van der Waals surface area contributed by atoms with E-state index in [2.05, 4.69) is 5.32 Å². The Bertz CT molecular complexity index is 1090. The third-order valence-electron chi connectivity index (χ3n) is 4.83. The van der Waals surface area contributed by atoms with Gasteiger partial charge in [0.15, 0.2) is 0 Å². The van der Waals surface area contributed by atoms with Crippen LogP contribution < -0.4 is 5.32 Å². The van der Waals surface area contributed by atoms with E-state index in [1.807, 2.05) is 30.3 Å². The Labute approximate surface area is 173 Å². The minimum atomic E-state index is -0.881. The van der Waals surface area contributed by atoms with Crippen LogP contribution in [0.15, 0.2) is 48.5 Å². The first-order chi connectivity index (χ1) is 14.3. The molecule has 1 aromatic heterocycles. The van der Waals surface area contributed by atoms with Gasteiger partial charge in [-0.25, -0.2) is 13.6 Å². The van der Waals surface area contributed by atoms with Crippen molar-refractivity contribution in [3.8, 4) is 0 Å². The summed E-state index contributed by atoms with van der Waals surface area (Å²) < 4.78 is 34.1. The predicted octanol–water partition coefficient (Wildman–Crippen LogP) is 4.86. The molecule has 3 aromatic rings. The number of carbonyl (C=O) groups is 2. The van der Waals surface area contributed by atoms with Gasteiger partial charge in [-0.3, -0.25) is 4.79 Å². The molecule has 0 atom stereocenters. The van der Waals surface area contributed by atoms with E-state index >= 15 is 0 Å². The molecule has 3 rings (SSSR count). The van der Waals surface area contributed by atoms with Crippen molar-refractivity contribution in [1.29, 1.82) is 0 Å². The summed E-state index contributed by atoms with van der Waals surface area (Å²) in [6.45, 7) is 5.62. The number of nitrogens with zero attached hydrogens (tertiary/aromatic N) is 1. The van der Waals surface area contributed by atoms with Crippen molar-refractivity contribution in [3.63, 3.8) is 0 Å². The lowest BCUT2D eigenvalue weighted by molar-refractivity contribution is 0.0513. The van der Waals surface area contributed by atoms with Crippen LogP contribution in [0.5, 0.6) is 0 Å². The van der Waals surface area contributed by atoms with Crippen molar-refractivity contribution >= 4 is 17.6 Å². The van der Waals surface area contributed by atoms with Crippen LogP contribution in [0, 0.1) is 25.5 Å². The third kappa shape index (κ3) is 4.25. The maximum absolute atomic E-state index is 14.0. The van der Waals surface area contributed by atoms with Crippen LogP contribution in [0.4, 0.5) is 14.5 Å². The first-order valence-electron chi connectivity index (χ1n) is 9.50. The molecule has 0 aliphatic carbocycles. The molecule has 0 aliphatic heterocycles. The normalized spacial score (nSPS) is 10.7. The van der Waals surface area contributed by atoms with Gasteiger partial charge in [0.05, 0.1) is 17.9 Å². The number of carbonyl (C=O) groups excluding carboxylic acids is 2. The number of esters is 1. The number of anilines is 1. The van der Waals surface area contributed by atoms with Gasteiger partial charge in [-0.15, -0.1) is 0 Å². The molecule has 0 unspecified atom stereocenters. The summed E-state index contributed by atoms with van der Waals surface area (Å²) in [6, 6.07) is 12.4. The molecule has 0 fully saturated rings. The molecule has 5 nitrogen and oxygen atoms in total. The molecule has 0 saturated heterocycles. The quantitative estimate of drug-likeness (QED) is 0.588. The Morgan fingerprint density at radius 1 is 1.07 bits per heavy atom. The largest absolute Gasteiger partial charge is 0.461 e. The van der Waals surface area contributed by atoms with Gasteiger partial charge in [0.1, 0.15) is 17.3 Å². The lowest BCUT2D eigenvalue weighted by Gasteiger charge is -2.12. The highest BCUT2D eigenvalue weighted by atomic mass is 19.1.